The van der Waals surface area contributed by atoms with Crippen LogP contribution in [0.1, 0.15) is 39.7 Å². The van der Waals surface area contributed by atoms with E-state index in [0.717, 1.165) is 35.3 Å². The molecule has 1 aliphatic rings. The molecule has 6 heteroatoms. The molecule has 0 spiro atoms. The molecule has 3 rings (SSSR count). The summed E-state index contributed by atoms with van der Waals surface area (Å²) in [7, 11) is 1.36. The van der Waals surface area contributed by atoms with E-state index in [2.05, 4.69) is 5.32 Å². The van der Waals surface area contributed by atoms with Gasteiger partial charge in [0.2, 0.25) is 0 Å². The van der Waals surface area contributed by atoms with Crippen molar-refractivity contribution in [3.8, 4) is 5.75 Å². The fourth-order valence-electron chi connectivity index (χ4n) is 2.97. The number of nitrogens with one attached hydrogen (secondary N) is 1. The molecule has 1 amide bonds. The van der Waals surface area contributed by atoms with Gasteiger partial charge in [-0.25, -0.2) is 4.79 Å². The average Bonchev–Trinajstić information content (AvgIpc) is 3.14. The molecule has 0 aliphatic heterocycles. The smallest absolute Gasteiger partial charge is 0.341 e. The third kappa shape index (κ3) is 3.69. The topological polar surface area (TPSA) is 64.6 Å². The summed E-state index contributed by atoms with van der Waals surface area (Å²) in [6.07, 6.45) is 2.15. The Hall–Kier alpha value is -2.34. The molecule has 0 bridgehead atoms. The van der Waals surface area contributed by atoms with Crippen molar-refractivity contribution in [1.82, 2.24) is 0 Å². The first kappa shape index (κ1) is 17.5. The molecule has 5 nitrogen and oxygen atoms in total. The van der Waals surface area contributed by atoms with Crippen LogP contribution in [0, 0.1) is 6.92 Å². The Morgan fingerprint density at radius 2 is 2.08 bits per heavy atom. The molecule has 1 aliphatic carbocycles. The predicted molar refractivity (Wildman–Crippen MR) is 97.6 cm³/mol. The minimum atomic E-state index is -0.677. The molecule has 0 saturated heterocycles. The van der Waals surface area contributed by atoms with Gasteiger partial charge in [0.15, 0.2) is 6.10 Å². The maximum absolute atomic E-state index is 12.5. The molecule has 25 heavy (non-hydrogen) atoms. The summed E-state index contributed by atoms with van der Waals surface area (Å²) in [5.41, 5.74) is 2.57. The van der Waals surface area contributed by atoms with Crippen molar-refractivity contribution in [2.75, 3.05) is 12.4 Å². The Balaban J connectivity index is 1.75. The number of hydrogen-bond acceptors (Lipinski definition) is 5. The molecular formula is C19H21NO4S. The van der Waals surface area contributed by atoms with Crippen LogP contribution in [0.5, 0.6) is 5.75 Å². The second-order valence-electron chi connectivity index (χ2n) is 6.12. The molecule has 1 aromatic heterocycles. The summed E-state index contributed by atoms with van der Waals surface area (Å²) in [6.45, 7) is 3.66. The van der Waals surface area contributed by atoms with E-state index in [4.69, 9.17) is 9.47 Å². The van der Waals surface area contributed by atoms with Crippen LogP contribution in [0.4, 0.5) is 5.00 Å². The molecule has 132 valence electrons. The Morgan fingerprint density at radius 3 is 2.80 bits per heavy atom. The van der Waals surface area contributed by atoms with Gasteiger partial charge in [-0.15, -0.1) is 11.3 Å². The number of aryl methyl sites for hydroxylation is 2. The van der Waals surface area contributed by atoms with Gasteiger partial charge in [0.05, 0.1) is 12.7 Å². The average molecular weight is 359 g/mol. The second kappa shape index (κ2) is 7.27. The zero-order chi connectivity index (χ0) is 18.0. The summed E-state index contributed by atoms with van der Waals surface area (Å²) >= 11 is 1.46. The second-order valence-corrected chi connectivity index (χ2v) is 7.22. The summed E-state index contributed by atoms with van der Waals surface area (Å²) in [5, 5.41) is 3.40. The third-order valence-electron chi connectivity index (χ3n) is 4.22. The Bertz CT molecular complexity index is 812. The number of carbonyl (C=O) groups excluding carboxylic acids is 2. The summed E-state index contributed by atoms with van der Waals surface area (Å²) in [6, 6.07) is 7.54. The number of ether oxygens (including phenoxy) is 2. The minimum absolute atomic E-state index is 0.286. The van der Waals surface area contributed by atoms with Gasteiger partial charge < -0.3 is 14.8 Å². The Labute approximate surface area is 151 Å². The van der Waals surface area contributed by atoms with Crippen molar-refractivity contribution in [2.45, 2.75) is 39.2 Å². The van der Waals surface area contributed by atoms with Crippen LogP contribution < -0.4 is 10.1 Å². The number of amides is 1. The normalized spacial score (nSPS) is 13.9. The molecule has 2 aromatic rings. The number of carbonyl (C=O) groups is 2. The number of benzene rings is 1. The number of anilines is 1. The van der Waals surface area contributed by atoms with Crippen molar-refractivity contribution < 1.29 is 19.1 Å². The van der Waals surface area contributed by atoms with E-state index in [0.29, 0.717) is 16.3 Å². The van der Waals surface area contributed by atoms with Gasteiger partial charge in [0, 0.05) is 4.88 Å². The predicted octanol–water partition coefficient (Wildman–Crippen LogP) is 3.74. The van der Waals surface area contributed by atoms with E-state index in [-0.39, 0.29) is 5.91 Å². The Morgan fingerprint density at radius 1 is 1.28 bits per heavy atom. The van der Waals surface area contributed by atoms with Crippen LogP contribution >= 0.6 is 11.3 Å². The molecule has 0 saturated carbocycles. The lowest BCUT2D eigenvalue weighted by atomic mass is 10.1. The van der Waals surface area contributed by atoms with Crippen LogP contribution in [-0.4, -0.2) is 25.1 Å². The SMILES string of the molecule is COC(=O)c1c(NC(=O)C(C)Oc2cccc(C)c2)sc2c1CCC2. The van der Waals surface area contributed by atoms with Crippen LogP contribution in [0.3, 0.4) is 0 Å². The highest BCUT2D eigenvalue weighted by atomic mass is 32.1. The van der Waals surface area contributed by atoms with Gasteiger partial charge >= 0.3 is 5.97 Å². The van der Waals surface area contributed by atoms with Gasteiger partial charge in [-0.1, -0.05) is 12.1 Å². The zero-order valence-electron chi connectivity index (χ0n) is 14.5. The number of esters is 1. The maximum Gasteiger partial charge on any atom is 0.341 e. The summed E-state index contributed by atoms with van der Waals surface area (Å²) < 4.78 is 10.6. The fraction of sp³-hybridized carbons (Fsp3) is 0.368. The third-order valence-corrected chi connectivity index (χ3v) is 5.43. The van der Waals surface area contributed by atoms with Crippen LogP contribution in [0.15, 0.2) is 24.3 Å². The van der Waals surface area contributed by atoms with E-state index >= 15 is 0 Å². The highest BCUT2D eigenvalue weighted by Gasteiger charge is 2.29. The number of methoxy groups -OCH3 is 1. The summed E-state index contributed by atoms with van der Waals surface area (Å²) in [5.74, 6) is -0.0435. The molecule has 1 atom stereocenters. The van der Waals surface area contributed by atoms with Gasteiger partial charge in [-0.3, -0.25) is 4.79 Å². The van der Waals surface area contributed by atoms with Crippen LogP contribution in [-0.2, 0) is 22.4 Å². The van der Waals surface area contributed by atoms with Crippen LogP contribution in [0.25, 0.3) is 0 Å². The van der Waals surface area contributed by atoms with Gasteiger partial charge in [0.1, 0.15) is 10.8 Å². The largest absolute Gasteiger partial charge is 0.481 e. The fourth-order valence-corrected chi connectivity index (χ4v) is 4.25. The number of rotatable bonds is 5. The number of thiophene rings is 1. The number of hydrogen-bond donors (Lipinski definition) is 1. The maximum atomic E-state index is 12.5. The van der Waals surface area contributed by atoms with Gasteiger partial charge in [0.25, 0.3) is 5.91 Å². The first-order valence-corrected chi connectivity index (χ1v) is 9.08. The van der Waals surface area contributed by atoms with Crippen molar-refractivity contribution in [3.05, 3.63) is 45.8 Å². The van der Waals surface area contributed by atoms with Crippen molar-refractivity contribution >= 4 is 28.2 Å². The Kier molecular flexibility index (Phi) is 5.08. The van der Waals surface area contributed by atoms with Gasteiger partial charge in [-0.05, 0) is 56.4 Å². The highest BCUT2D eigenvalue weighted by molar-refractivity contribution is 7.17. The minimum Gasteiger partial charge on any atom is -0.481 e. The molecule has 1 heterocycles. The summed E-state index contributed by atoms with van der Waals surface area (Å²) in [4.78, 5) is 25.8. The molecule has 1 unspecified atom stereocenters. The highest BCUT2D eigenvalue weighted by Crippen LogP contribution is 2.39. The van der Waals surface area contributed by atoms with Crippen molar-refractivity contribution in [1.29, 1.82) is 0 Å². The monoisotopic (exact) mass is 359 g/mol. The molecule has 1 N–H and O–H groups in total. The first-order valence-electron chi connectivity index (χ1n) is 8.26. The molecular weight excluding hydrogens is 338 g/mol. The standard InChI is InChI=1S/C19H21NO4S/c1-11-6-4-7-13(10-11)24-12(2)17(21)20-18-16(19(22)23-3)14-8-5-9-15(14)25-18/h4,6-7,10,12H,5,8-9H2,1-3H3,(H,20,21). The van der Waals surface area contributed by atoms with E-state index in [1.807, 2.05) is 31.2 Å². The number of fused-ring (bicyclic) bond motifs is 1. The van der Waals surface area contributed by atoms with E-state index in [1.54, 1.807) is 6.92 Å². The lowest BCUT2D eigenvalue weighted by molar-refractivity contribution is -0.122. The lowest BCUT2D eigenvalue weighted by Gasteiger charge is -2.15. The molecule has 0 radical (unpaired) electrons. The zero-order valence-corrected chi connectivity index (χ0v) is 15.4. The molecule has 0 fully saturated rings. The van der Waals surface area contributed by atoms with E-state index < -0.39 is 12.1 Å². The molecule has 1 aromatic carbocycles. The van der Waals surface area contributed by atoms with Crippen LogP contribution in [0.2, 0.25) is 0 Å². The van der Waals surface area contributed by atoms with Gasteiger partial charge in [-0.2, -0.15) is 0 Å². The lowest BCUT2D eigenvalue weighted by Crippen LogP contribution is -2.30. The van der Waals surface area contributed by atoms with Crippen molar-refractivity contribution in [2.24, 2.45) is 0 Å². The first-order chi connectivity index (χ1) is 12.0. The van der Waals surface area contributed by atoms with Crippen molar-refractivity contribution in [3.63, 3.8) is 0 Å². The van der Waals surface area contributed by atoms with E-state index in [9.17, 15) is 9.59 Å². The van der Waals surface area contributed by atoms with E-state index in [1.165, 1.54) is 18.4 Å². The quantitative estimate of drug-likeness (QED) is 0.826.